The summed E-state index contributed by atoms with van der Waals surface area (Å²) in [5, 5.41) is 12.8. The maximum atomic E-state index is 10.7. The summed E-state index contributed by atoms with van der Waals surface area (Å²) in [6, 6.07) is 1.75. The molecular weight excluding hydrogens is 216 g/mol. The van der Waals surface area contributed by atoms with Crippen molar-refractivity contribution in [1.29, 1.82) is 0 Å². The van der Waals surface area contributed by atoms with Crippen LogP contribution < -0.4 is 0 Å². The van der Waals surface area contributed by atoms with Crippen molar-refractivity contribution in [2.75, 3.05) is 0 Å². The fraction of sp³-hybridized carbons (Fsp3) is 0.308. The molecule has 0 amide bonds. The third-order valence-corrected chi connectivity index (χ3v) is 3.14. The lowest BCUT2D eigenvalue weighted by Gasteiger charge is -2.26. The smallest absolute Gasteiger partial charge is 0.133 e. The van der Waals surface area contributed by atoms with Crippen molar-refractivity contribution >= 4 is 11.3 Å². The van der Waals surface area contributed by atoms with E-state index in [1.165, 1.54) is 6.20 Å². The van der Waals surface area contributed by atoms with Crippen molar-refractivity contribution in [1.82, 2.24) is 4.98 Å². The lowest BCUT2D eigenvalue weighted by Crippen LogP contribution is -2.18. The molecule has 0 bridgehead atoms. The van der Waals surface area contributed by atoms with Gasteiger partial charge in [-0.25, -0.2) is 0 Å². The van der Waals surface area contributed by atoms with Crippen LogP contribution in [-0.4, -0.2) is 16.2 Å². The molecule has 1 aliphatic carbocycles. The molecule has 88 valence electrons. The molecule has 0 saturated carbocycles. The molecule has 4 heteroatoms. The van der Waals surface area contributed by atoms with Gasteiger partial charge in [-0.05, 0) is 40.8 Å². The second kappa shape index (κ2) is 4.59. The van der Waals surface area contributed by atoms with Crippen LogP contribution in [0.2, 0.25) is 0 Å². The molecule has 17 heavy (non-hydrogen) atoms. The quantitative estimate of drug-likeness (QED) is 0.627. The molecule has 2 rings (SSSR count). The van der Waals surface area contributed by atoms with E-state index in [0.717, 1.165) is 23.1 Å². The second-order valence-electron chi connectivity index (χ2n) is 4.30. The number of aliphatic hydroxyl groups excluding tert-OH is 1. The Labute approximate surface area is 99.7 Å². The zero-order valence-electron chi connectivity index (χ0n) is 9.63. The van der Waals surface area contributed by atoms with Crippen LogP contribution in [0.25, 0.3) is 5.57 Å². The lowest BCUT2D eigenvalue weighted by atomic mass is 9.82. The van der Waals surface area contributed by atoms with Gasteiger partial charge in [0.1, 0.15) is 5.69 Å². The van der Waals surface area contributed by atoms with Crippen LogP contribution in [0.1, 0.15) is 18.9 Å². The van der Waals surface area contributed by atoms with E-state index >= 15 is 0 Å². The summed E-state index contributed by atoms with van der Waals surface area (Å²) >= 11 is 0. The number of hydrogen-bond donors (Lipinski definition) is 1. The van der Waals surface area contributed by atoms with Crippen LogP contribution in [-0.2, 0) is 0 Å². The van der Waals surface area contributed by atoms with E-state index in [1.807, 2.05) is 6.92 Å². The highest BCUT2D eigenvalue weighted by atomic mass is 16.3. The van der Waals surface area contributed by atoms with E-state index in [2.05, 4.69) is 16.7 Å². The first-order chi connectivity index (χ1) is 8.13. The first-order valence-corrected chi connectivity index (χ1v) is 5.48. The number of aliphatic hydroxyl groups is 1. The van der Waals surface area contributed by atoms with Crippen molar-refractivity contribution < 1.29 is 5.11 Å². The third kappa shape index (κ3) is 2.17. The SMILES string of the molecule is C=C1[C@H](O)C=C(c2ccncc2N=O)C[C@@H]1C. The van der Waals surface area contributed by atoms with Gasteiger partial charge in [-0.3, -0.25) is 4.98 Å². The Bertz CT molecular complexity index is 494. The van der Waals surface area contributed by atoms with E-state index in [-0.39, 0.29) is 5.92 Å². The van der Waals surface area contributed by atoms with E-state index in [4.69, 9.17) is 0 Å². The van der Waals surface area contributed by atoms with E-state index in [9.17, 15) is 10.0 Å². The molecule has 1 aromatic heterocycles. The Hall–Kier alpha value is -1.81. The Balaban J connectivity index is 2.44. The van der Waals surface area contributed by atoms with Crippen molar-refractivity contribution in [3.8, 4) is 0 Å². The zero-order chi connectivity index (χ0) is 12.4. The van der Waals surface area contributed by atoms with Gasteiger partial charge in [0.05, 0.1) is 12.3 Å². The summed E-state index contributed by atoms with van der Waals surface area (Å²) in [7, 11) is 0. The lowest BCUT2D eigenvalue weighted by molar-refractivity contribution is 0.242. The van der Waals surface area contributed by atoms with Crippen LogP contribution in [0.3, 0.4) is 0 Å². The van der Waals surface area contributed by atoms with Crippen LogP contribution in [0.15, 0.2) is 41.9 Å². The standard InChI is InChI=1S/C13H14N2O2/c1-8-5-10(6-13(16)9(8)2)11-3-4-14-7-12(11)15-17/h3-4,6-8,13,16H,2,5H2,1H3/t8-,13+/m0/s1. The van der Waals surface area contributed by atoms with Crippen molar-refractivity contribution in [2.24, 2.45) is 11.1 Å². The first-order valence-electron chi connectivity index (χ1n) is 5.48. The molecule has 1 aromatic rings. The topological polar surface area (TPSA) is 62.6 Å². The highest BCUT2D eigenvalue weighted by Crippen LogP contribution is 2.36. The van der Waals surface area contributed by atoms with Gasteiger partial charge in [-0.15, -0.1) is 4.91 Å². The Morgan fingerprint density at radius 2 is 2.35 bits per heavy atom. The van der Waals surface area contributed by atoms with Gasteiger partial charge in [0.25, 0.3) is 0 Å². The van der Waals surface area contributed by atoms with Crippen molar-refractivity contribution in [3.05, 3.63) is 47.2 Å². The predicted octanol–water partition coefficient (Wildman–Crippen LogP) is 2.82. The number of hydrogen-bond acceptors (Lipinski definition) is 4. The van der Waals surface area contributed by atoms with Crippen LogP contribution in [0.4, 0.5) is 5.69 Å². The van der Waals surface area contributed by atoms with Crippen molar-refractivity contribution in [2.45, 2.75) is 19.4 Å². The average Bonchev–Trinajstić information content (AvgIpc) is 2.35. The number of nitrogens with zero attached hydrogens (tertiary/aromatic N) is 2. The normalized spacial score (nSPS) is 24.4. The molecule has 0 saturated heterocycles. The minimum absolute atomic E-state index is 0.192. The van der Waals surface area contributed by atoms with Gasteiger partial charge >= 0.3 is 0 Å². The summed E-state index contributed by atoms with van der Waals surface area (Å²) in [5.41, 5.74) is 2.79. The number of aromatic nitrogens is 1. The summed E-state index contributed by atoms with van der Waals surface area (Å²) in [4.78, 5) is 14.6. The van der Waals surface area contributed by atoms with Gasteiger partial charge in [-0.2, -0.15) is 0 Å². The highest BCUT2D eigenvalue weighted by molar-refractivity contribution is 5.76. The van der Waals surface area contributed by atoms with Gasteiger partial charge in [0.15, 0.2) is 0 Å². The minimum Gasteiger partial charge on any atom is -0.385 e. The Morgan fingerprint density at radius 3 is 3.00 bits per heavy atom. The summed E-state index contributed by atoms with van der Waals surface area (Å²) < 4.78 is 0. The number of nitroso groups, excluding NO2 is 1. The molecule has 0 aromatic carbocycles. The summed E-state index contributed by atoms with van der Waals surface area (Å²) in [5.74, 6) is 0.192. The molecule has 1 aliphatic rings. The number of rotatable bonds is 2. The maximum absolute atomic E-state index is 10.7. The zero-order valence-corrected chi connectivity index (χ0v) is 9.63. The molecule has 2 atom stereocenters. The monoisotopic (exact) mass is 230 g/mol. The molecule has 1 N–H and O–H groups in total. The summed E-state index contributed by atoms with van der Waals surface area (Å²) in [6.45, 7) is 5.86. The van der Waals surface area contributed by atoms with Gasteiger partial charge in [0, 0.05) is 11.8 Å². The molecule has 0 radical (unpaired) electrons. The predicted molar refractivity (Wildman–Crippen MR) is 66.6 cm³/mol. The van der Waals surface area contributed by atoms with Gasteiger partial charge in [0.2, 0.25) is 0 Å². The summed E-state index contributed by atoms with van der Waals surface area (Å²) in [6.07, 6.45) is 4.88. The fourth-order valence-electron chi connectivity index (χ4n) is 2.05. The first kappa shape index (κ1) is 11.7. The van der Waals surface area contributed by atoms with Crippen LogP contribution >= 0.6 is 0 Å². The van der Waals surface area contributed by atoms with Gasteiger partial charge in [-0.1, -0.05) is 13.5 Å². The highest BCUT2D eigenvalue weighted by Gasteiger charge is 2.23. The molecule has 0 spiro atoms. The van der Waals surface area contributed by atoms with E-state index in [1.54, 1.807) is 18.3 Å². The van der Waals surface area contributed by atoms with Crippen LogP contribution in [0, 0.1) is 10.8 Å². The fourth-order valence-corrected chi connectivity index (χ4v) is 2.05. The molecule has 1 heterocycles. The van der Waals surface area contributed by atoms with Crippen LogP contribution in [0.5, 0.6) is 0 Å². The maximum Gasteiger partial charge on any atom is 0.133 e. The molecular formula is C13H14N2O2. The number of allylic oxidation sites excluding steroid dienone is 1. The Kier molecular flexibility index (Phi) is 3.15. The third-order valence-electron chi connectivity index (χ3n) is 3.14. The average molecular weight is 230 g/mol. The van der Waals surface area contributed by atoms with E-state index < -0.39 is 6.10 Å². The van der Waals surface area contributed by atoms with Crippen molar-refractivity contribution in [3.63, 3.8) is 0 Å². The van der Waals surface area contributed by atoms with E-state index in [0.29, 0.717) is 5.69 Å². The Morgan fingerprint density at radius 1 is 1.59 bits per heavy atom. The largest absolute Gasteiger partial charge is 0.385 e. The molecule has 0 fully saturated rings. The molecule has 0 unspecified atom stereocenters. The minimum atomic E-state index is -0.651. The number of pyridine rings is 1. The second-order valence-corrected chi connectivity index (χ2v) is 4.30. The molecule has 4 nitrogen and oxygen atoms in total. The van der Waals surface area contributed by atoms with Gasteiger partial charge < -0.3 is 5.11 Å². The molecule has 0 aliphatic heterocycles.